The van der Waals surface area contributed by atoms with Gasteiger partial charge in [-0.15, -0.1) is 0 Å². The highest BCUT2D eigenvalue weighted by Gasteiger charge is 2.07. The van der Waals surface area contributed by atoms with Gasteiger partial charge in [-0.25, -0.2) is 4.39 Å². The van der Waals surface area contributed by atoms with Gasteiger partial charge in [0.2, 0.25) is 0 Å². The van der Waals surface area contributed by atoms with E-state index >= 15 is 0 Å². The van der Waals surface area contributed by atoms with Crippen LogP contribution in [0.3, 0.4) is 0 Å². The molecule has 2 aromatic rings. The Kier molecular flexibility index (Phi) is 4.39. The largest absolute Gasteiger partial charge is 0.495 e. The first kappa shape index (κ1) is 14.1. The van der Waals surface area contributed by atoms with Crippen molar-refractivity contribution in [1.82, 2.24) is 0 Å². The number of methoxy groups -OCH3 is 1. The summed E-state index contributed by atoms with van der Waals surface area (Å²) >= 11 is 6.02. The van der Waals surface area contributed by atoms with E-state index in [-0.39, 0.29) is 11.1 Å². The second-order valence-corrected chi connectivity index (χ2v) is 4.45. The van der Waals surface area contributed by atoms with E-state index < -0.39 is 5.82 Å². The Hall–Kier alpha value is -2.31. The van der Waals surface area contributed by atoms with Crippen LogP contribution in [0.2, 0.25) is 5.02 Å². The summed E-state index contributed by atoms with van der Waals surface area (Å²) in [5.74, 6) is 0.119. The SMILES string of the molecule is COc1ccc(/C=C(/C#N)c2ccccc2F)cc1Cl. The molecule has 0 bridgehead atoms. The molecule has 0 aliphatic carbocycles. The molecule has 20 heavy (non-hydrogen) atoms. The molecule has 0 atom stereocenters. The number of hydrogen-bond donors (Lipinski definition) is 0. The topological polar surface area (TPSA) is 33.0 Å². The number of nitrogens with zero attached hydrogens (tertiary/aromatic N) is 1. The zero-order valence-corrected chi connectivity index (χ0v) is 11.5. The lowest BCUT2D eigenvalue weighted by Gasteiger charge is -2.04. The molecule has 2 aromatic carbocycles. The van der Waals surface area contributed by atoms with Gasteiger partial charge in [0, 0.05) is 5.56 Å². The zero-order chi connectivity index (χ0) is 14.5. The van der Waals surface area contributed by atoms with E-state index in [1.54, 1.807) is 42.5 Å². The van der Waals surface area contributed by atoms with Crippen molar-refractivity contribution in [2.45, 2.75) is 0 Å². The highest BCUT2D eigenvalue weighted by Crippen LogP contribution is 2.27. The first-order chi connectivity index (χ1) is 9.65. The van der Waals surface area contributed by atoms with Gasteiger partial charge < -0.3 is 4.74 Å². The molecule has 100 valence electrons. The molecule has 0 saturated heterocycles. The minimum Gasteiger partial charge on any atom is -0.495 e. The van der Waals surface area contributed by atoms with Crippen molar-refractivity contribution in [2.24, 2.45) is 0 Å². The van der Waals surface area contributed by atoms with Crippen LogP contribution in [-0.4, -0.2) is 7.11 Å². The summed E-state index contributed by atoms with van der Waals surface area (Å²) in [7, 11) is 1.52. The molecule has 4 heteroatoms. The molecule has 0 aromatic heterocycles. The maximum absolute atomic E-state index is 13.7. The lowest BCUT2D eigenvalue weighted by Crippen LogP contribution is -1.88. The van der Waals surface area contributed by atoms with Crippen molar-refractivity contribution in [3.05, 3.63) is 64.4 Å². The Labute approximate surface area is 121 Å². The highest BCUT2D eigenvalue weighted by atomic mass is 35.5. The van der Waals surface area contributed by atoms with Crippen LogP contribution in [0.25, 0.3) is 11.6 Å². The molecule has 0 spiro atoms. The van der Waals surface area contributed by atoms with Gasteiger partial charge in [0.1, 0.15) is 11.6 Å². The number of hydrogen-bond acceptors (Lipinski definition) is 2. The van der Waals surface area contributed by atoms with Crippen molar-refractivity contribution < 1.29 is 9.13 Å². The van der Waals surface area contributed by atoms with E-state index in [9.17, 15) is 9.65 Å². The smallest absolute Gasteiger partial charge is 0.137 e. The van der Waals surface area contributed by atoms with Gasteiger partial charge in [0.25, 0.3) is 0 Å². The summed E-state index contributed by atoms with van der Waals surface area (Å²) in [6, 6.07) is 13.3. The normalized spacial score (nSPS) is 11.0. The molecule has 0 unspecified atom stereocenters. The van der Waals surface area contributed by atoms with Gasteiger partial charge in [0.15, 0.2) is 0 Å². The van der Waals surface area contributed by atoms with Crippen LogP contribution in [0.1, 0.15) is 11.1 Å². The van der Waals surface area contributed by atoms with Crippen LogP contribution in [0.15, 0.2) is 42.5 Å². The van der Waals surface area contributed by atoms with Crippen molar-refractivity contribution in [3.8, 4) is 11.8 Å². The van der Waals surface area contributed by atoms with Crippen LogP contribution in [0.5, 0.6) is 5.75 Å². The van der Waals surface area contributed by atoms with Crippen LogP contribution in [0.4, 0.5) is 4.39 Å². The highest BCUT2D eigenvalue weighted by molar-refractivity contribution is 6.32. The molecular formula is C16H11ClFNO. The second-order valence-electron chi connectivity index (χ2n) is 4.04. The van der Waals surface area contributed by atoms with Gasteiger partial charge in [-0.1, -0.05) is 35.9 Å². The lowest BCUT2D eigenvalue weighted by molar-refractivity contribution is 0.415. The third-order valence-corrected chi connectivity index (χ3v) is 3.07. The summed E-state index contributed by atoms with van der Waals surface area (Å²) in [6.45, 7) is 0. The average molecular weight is 288 g/mol. The Morgan fingerprint density at radius 3 is 2.65 bits per heavy atom. The van der Waals surface area contributed by atoms with E-state index in [2.05, 4.69) is 0 Å². The van der Waals surface area contributed by atoms with Crippen molar-refractivity contribution >= 4 is 23.3 Å². The van der Waals surface area contributed by atoms with Crippen molar-refractivity contribution in [3.63, 3.8) is 0 Å². The van der Waals surface area contributed by atoms with E-state index in [1.165, 1.54) is 13.2 Å². The minimum absolute atomic E-state index is 0.240. The summed E-state index contributed by atoms with van der Waals surface area (Å²) in [5, 5.41) is 9.63. The van der Waals surface area contributed by atoms with E-state index in [4.69, 9.17) is 16.3 Å². The minimum atomic E-state index is -0.431. The van der Waals surface area contributed by atoms with Crippen LogP contribution in [0, 0.1) is 17.1 Å². The molecule has 0 fully saturated rings. The quantitative estimate of drug-likeness (QED) is 0.613. The predicted octanol–water partition coefficient (Wildman–Crippen LogP) is 4.55. The number of allylic oxidation sites excluding steroid dienone is 1. The standard InChI is InChI=1S/C16H11ClFNO/c1-20-16-7-6-11(9-14(16)17)8-12(10-19)13-4-2-3-5-15(13)18/h2-9H,1H3/b12-8-. The Balaban J connectivity index is 2.45. The molecule has 0 aliphatic rings. The van der Waals surface area contributed by atoms with Gasteiger partial charge in [-0.2, -0.15) is 5.26 Å². The summed E-state index contributed by atoms with van der Waals surface area (Å²) in [6.07, 6.45) is 1.59. The summed E-state index contributed by atoms with van der Waals surface area (Å²) < 4.78 is 18.7. The molecule has 2 rings (SSSR count). The predicted molar refractivity (Wildman–Crippen MR) is 77.9 cm³/mol. The molecule has 0 N–H and O–H groups in total. The Morgan fingerprint density at radius 1 is 1.30 bits per heavy atom. The monoisotopic (exact) mass is 287 g/mol. The molecule has 2 nitrogen and oxygen atoms in total. The number of rotatable bonds is 3. The summed E-state index contributed by atoms with van der Waals surface area (Å²) in [5.41, 5.74) is 1.21. The second kappa shape index (κ2) is 6.23. The molecule has 0 amide bonds. The molecule has 0 saturated carbocycles. The van der Waals surface area contributed by atoms with Crippen molar-refractivity contribution in [2.75, 3.05) is 7.11 Å². The van der Waals surface area contributed by atoms with Gasteiger partial charge >= 0.3 is 0 Å². The maximum Gasteiger partial charge on any atom is 0.137 e. The third-order valence-electron chi connectivity index (χ3n) is 2.77. The fourth-order valence-electron chi connectivity index (χ4n) is 1.79. The molecule has 0 radical (unpaired) electrons. The van der Waals surface area contributed by atoms with E-state index in [0.717, 1.165) is 0 Å². The first-order valence-corrected chi connectivity index (χ1v) is 6.23. The van der Waals surface area contributed by atoms with Crippen LogP contribution < -0.4 is 4.74 Å². The Morgan fingerprint density at radius 2 is 2.05 bits per heavy atom. The first-order valence-electron chi connectivity index (χ1n) is 5.86. The number of ether oxygens (including phenoxy) is 1. The summed E-state index contributed by atoms with van der Waals surface area (Å²) in [4.78, 5) is 0. The number of halogens is 2. The molecular weight excluding hydrogens is 277 g/mol. The van der Waals surface area contributed by atoms with Gasteiger partial charge in [0.05, 0.1) is 23.8 Å². The third kappa shape index (κ3) is 2.98. The average Bonchev–Trinajstić information content (AvgIpc) is 2.46. The molecule has 0 aliphatic heterocycles. The fourth-order valence-corrected chi connectivity index (χ4v) is 2.06. The van der Waals surface area contributed by atoms with Crippen molar-refractivity contribution in [1.29, 1.82) is 5.26 Å². The Bertz CT molecular complexity index is 704. The van der Waals surface area contributed by atoms with Gasteiger partial charge in [-0.05, 0) is 29.8 Å². The van der Waals surface area contributed by atoms with E-state index in [1.807, 2.05) is 6.07 Å². The zero-order valence-electron chi connectivity index (χ0n) is 10.7. The lowest BCUT2D eigenvalue weighted by atomic mass is 10.0. The van der Waals surface area contributed by atoms with Gasteiger partial charge in [-0.3, -0.25) is 0 Å². The number of nitriles is 1. The fraction of sp³-hybridized carbons (Fsp3) is 0.0625. The van der Waals surface area contributed by atoms with Crippen LogP contribution in [-0.2, 0) is 0 Å². The number of benzene rings is 2. The van der Waals surface area contributed by atoms with Crippen LogP contribution >= 0.6 is 11.6 Å². The maximum atomic E-state index is 13.7. The van der Waals surface area contributed by atoms with E-state index in [0.29, 0.717) is 16.3 Å². The molecule has 0 heterocycles.